The van der Waals surface area contributed by atoms with Crippen molar-refractivity contribution in [1.82, 2.24) is 24.1 Å². The first-order valence-electron chi connectivity index (χ1n) is 9.15. The van der Waals surface area contributed by atoms with Crippen LogP contribution in [0.3, 0.4) is 0 Å². The number of halogens is 1. The molecule has 2 atom stereocenters. The number of rotatable bonds is 3. The van der Waals surface area contributed by atoms with E-state index in [4.69, 9.17) is 0 Å². The van der Waals surface area contributed by atoms with Crippen molar-refractivity contribution < 1.29 is 12.8 Å². The molecular weight excluding hydrogens is 381 g/mol. The Labute approximate surface area is 161 Å². The highest BCUT2D eigenvalue weighted by Gasteiger charge is 2.45. The Bertz CT molecular complexity index is 1130. The fraction of sp³-hybridized carbons (Fsp3) is 0.316. The molecule has 2 aromatic heterocycles. The monoisotopic (exact) mass is 399 g/mol. The third-order valence-electron chi connectivity index (χ3n) is 5.48. The van der Waals surface area contributed by atoms with Gasteiger partial charge in [-0.3, -0.25) is 4.98 Å². The van der Waals surface area contributed by atoms with Crippen molar-refractivity contribution in [2.75, 3.05) is 0 Å². The van der Waals surface area contributed by atoms with Gasteiger partial charge < -0.3 is 4.57 Å². The van der Waals surface area contributed by atoms with E-state index in [0.29, 0.717) is 18.8 Å². The normalized spacial score (nSPS) is 22.0. The van der Waals surface area contributed by atoms with Crippen LogP contribution in [0.4, 0.5) is 4.39 Å². The Morgan fingerprint density at radius 1 is 1.07 bits per heavy atom. The molecule has 0 radical (unpaired) electrons. The minimum atomic E-state index is -3.80. The van der Waals surface area contributed by atoms with E-state index in [0.717, 1.165) is 30.3 Å². The van der Waals surface area contributed by atoms with Gasteiger partial charge in [-0.2, -0.15) is 4.31 Å². The second-order valence-electron chi connectivity index (χ2n) is 7.17. The van der Waals surface area contributed by atoms with Gasteiger partial charge in [0.1, 0.15) is 11.6 Å². The number of aromatic nitrogens is 4. The summed E-state index contributed by atoms with van der Waals surface area (Å²) in [5.41, 5.74) is 0.846. The fourth-order valence-corrected chi connectivity index (χ4v) is 6.14. The Kier molecular flexibility index (Phi) is 4.02. The zero-order valence-corrected chi connectivity index (χ0v) is 15.8. The minimum Gasteiger partial charge on any atom is -0.309 e. The van der Waals surface area contributed by atoms with E-state index < -0.39 is 15.8 Å². The van der Waals surface area contributed by atoms with Crippen LogP contribution in [0.5, 0.6) is 0 Å². The van der Waals surface area contributed by atoms with Crippen LogP contribution in [-0.4, -0.2) is 44.6 Å². The molecule has 1 saturated heterocycles. The SMILES string of the molecule is O=S(=O)(c1cccc(F)c1)N1[C@@H]2CC[C@H]1Cc1nnc(-c3cccnc3)n1C2. The molecule has 7 nitrogen and oxygen atoms in total. The molecule has 2 bridgehead atoms. The van der Waals surface area contributed by atoms with Gasteiger partial charge in [0.15, 0.2) is 5.82 Å². The van der Waals surface area contributed by atoms with E-state index in [1.807, 2.05) is 16.7 Å². The lowest BCUT2D eigenvalue weighted by Gasteiger charge is -2.27. The highest BCUT2D eigenvalue weighted by molar-refractivity contribution is 7.89. The van der Waals surface area contributed by atoms with Gasteiger partial charge in [0.25, 0.3) is 0 Å². The predicted octanol–water partition coefficient (Wildman–Crippen LogP) is 2.26. The Hall–Kier alpha value is -2.65. The molecule has 3 aromatic rings. The van der Waals surface area contributed by atoms with E-state index in [2.05, 4.69) is 15.2 Å². The fourth-order valence-electron chi connectivity index (χ4n) is 4.25. The lowest BCUT2D eigenvalue weighted by atomic mass is 10.1. The van der Waals surface area contributed by atoms with Crippen LogP contribution in [0.1, 0.15) is 18.7 Å². The minimum absolute atomic E-state index is 0.00505. The van der Waals surface area contributed by atoms with Crippen LogP contribution in [-0.2, 0) is 23.0 Å². The van der Waals surface area contributed by atoms with Gasteiger partial charge in [-0.25, -0.2) is 12.8 Å². The smallest absolute Gasteiger partial charge is 0.243 e. The summed E-state index contributed by atoms with van der Waals surface area (Å²) < 4.78 is 43.8. The summed E-state index contributed by atoms with van der Waals surface area (Å²) >= 11 is 0. The molecule has 0 amide bonds. The van der Waals surface area contributed by atoms with Crippen LogP contribution in [0.15, 0.2) is 53.7 Å². The van der Waals surface area contributed by atoms with Crippen molar-refractivity contribution in [3.05, 3.63) is 60.4 Å². The summed E-state index contributed by atoms with van der Waals surface area (Å²) in [6.45, 7) is 0.470. The topological polar surface area (TPSA) is 81.0 Å². The van der Waals surface area contributed by atoms with Gasteiger partial charge in [-0.15, -0.1) is 10.2 Å². The first kappa shape index (κ1) is 17.4. The van der Waals surface area contributed by atoms with Gasteiger partial charge in [0.05, 0.1) is 4.90 Å². The number of pyridine rings is 1. The predicted molar refractivity (Wildman–Crippen MR) is 99.2 cm³/mol. The quantitative estimate of drug-likeness (QED) is 0.675. The number of hydrogen-bond acceptors (Lipinski definition) is 5. The van der Waals surface area contributed by atoms with Crippen LogP contribution in [0.25, 0.3) is 11.4 Å². The van der Waals surface area contributed by atoms with Gasteiger partial charge in [0.2, 0.25) is 10.0 Å². The van der Waals surface area contributed by atoms with Gasteiger partial charge in [0, 0.05) is 43.0 Å². The summed E-state index contributed by atoms with van der Waals surface area (Å²) in [7, 11) is -3.80. The lowest BCUT2D eigenvalue weighted by Crippen LogP contribution is -2.42. The Morgan fingerprint density at radius 2 is 1.93 bits per heavy atom. The van der Waals surface area contributed by atoms with Crippen LogP contribution in [0, 0.1) is 5.82 Å². The summed E-state index contributed by atoms with van der Waals surface area (Å²) in [4.78, 5) is 4.14. The standard InChI is InChI=1S/C19H18FN5O2S/c20-14-4-1-5-17(9-14)28(26,27)25-15-6-7-16(25)12-24-18(10-15)22-23-19(24)13-3-2-8-21-11-13/h1-5,8-9,11,15-16H,6-7,10,12H2/t15-,16+/m0/s1. The van der Waals surface area contributed by atoms with Crippen molar-refractivity contribution in [1.29, 1.82) is 0 Å². The Balaban J connectivity index is 1.54. The number of fused-ring (bicyclic) bond motifs is 3. The van der Waals surface area contributed by atoms with Crippen LogP contribution in [0.2, 0.25) is 0 Å². The largest absolute Gasteiger partial charge is 0.309 e. The van der Waals surface area contributed by atoms with Gasteiger partial charge in [-0.05, 0) is 43.2 Å². The average Bonchev–Trinajstić information content (AvgIpc) is 3.22. The average molecular weight is 399 g/mol. The second kappa shape index (κ2) is 6.46. The number of sulfonamides is 1. The molecule has 0 saturated carbocycles. The molecule has 5 rings (SSSR count). The molecule has 0 spiro atoms. The summed E-state index contributed by atoms with van der Waals surface area (Å²) in [5, 5.41) is 8.64. The molecule has 2 aliphatic heterocycles. The number of nitrogens with zero attached hydrogens (tertiary/aromatic N) is 5. The molecule has 144 valence electrons. The molecule has 0 N–H and O–H groups in total. The second-order valence-corrected chi connectivity index (χ2v) is 9.02. The molecule has 4 heterocycles. The van der Waals surface area contributed by atoms with Crippen LogP contribution < -0.4 is 0 Å². The summed E-state index contributed by atoms with van der Waals surface area (Å²) in [5.74, 6) is 0.906. The molecular formula is C19H18FN5O2S. The number of hydrogen-bond donors (Lipinski definition) is 0. The maximum absolute atomic E-state index is 13.6. The summed E-state index contributed by atoms with van der Waals surface area (Å²) in [6.07, 6.45) is 5.41. The van der Waals surface area contributed by atoms with E-state index in [1.54, 1.807) is 16.7 Å². The van der Waals surface area contributed by atoms with E-state index in [9.17, 15) is 12.8 Å². The van der Waals surface area contributed by atoms with Crippen molar-refractivity contribution in [2.45, 2.75) is 42.8 Å². The van der Waals surface area contributed by atoms with Gasteiger partial charge in [-0.1, -0.05) is 6.07 Å². The zero-order chi connectivity index (χ0) is 19.3. The third kappa shape index (κ3) is 2.73. The van der Waals surface area contributed by atoms with E-state index in [-0.39, 0.29) is 17.0 Å². The van der Waals surface area contributed by atoms with Crippen molar-refractivity contribution in [2.24, 2.45) is 0 Å². The molecule has 28 heavy (non-hydrogen) atoms. The van der Waals surface area contributed by atoms with E-state index in [1.165, 1.54) is 18.2 Å². The molecule has 1 fully saturated rings. The zero-order valence-electron chi connectivity index (χ0n) is 14.9. The highest BCUT2D eigenvalue weighted by Crippen LogP contribution is 2.37. The molecule has 9 heteroatoms. The first-order valence-corrected chi connectivity index (χ1v) is 10.6. The van der Waals surface area contributed by atoms with E-state index >= 15 is 0 Å². The molecule has 2 aliphatic rings. The highest BCUT2D eigenvalue weighted by atomic mass is 32.2. The van der Waals surface area contributed by atoms with Crippen molar-refractivity contribution in [3.63, 3.8) is 0 Å². The third-order valence-corrected chi connectivity index (χ3v) is 7.48. The molecule has 0 aliphatic carbocycles. The Morgan fingerprint density at radius 3 is 2.71 bits per heavy atom. The maximum atomic E-state index is 13.6. The lowest BCUT2D eigenvalue weighted by molar-refractivity contribution is 0.315. The summed E-state index contributed by atoms with van der Waals surface area (Å²) in [6, 6.07) is 8.53. The van der Waals surface area contributed by atoms with Crippen LogP contribution >= 0.6 is 0 Å². The maximum Gasteiger partial charge on any atom is 0.243 e. The first-order chi connectivity index (χ1) is 13.5. The van der Waals surface area contributed by atoms with Crippen molar-refractivity contribution in [3.8, 4) is 11.4 Å². The molecule has 1 aromatic carbocycles. The van der Waals surface area contributed by atoms with Crippen molar-refractivity contribution >= 4 is 10.0 Å². The molecule has 0 unspecified atom stereocenters. The van der Waals surface area contributed by atoms with Gasteiger partial charge >= 0.3 is 0 Å². The number of benzene rings is 1.